The number of para-hydroxylation sites is 1. The Kier molecular flexibility index (Phi) is 4.71. The van der Waals surface area contributed by atoms with Crippen LogP contribution in [0.4, 0.5) is 10.2 Å². The molecule has 5 aromatic rings. The molecule has 0 aliphatic heterocycles. The number of halogens is 1. The summed E-state index contributed by atoms with van der Waals surface area (Å²) in [5.74, 6) is 0.621. The fraction of sp³-hybridized carbons (Fsp3) is 0.125. The largest absolute Gasteiger partial charge is 0.361 e. The summed E-state index contributed by atoms with van der Waals surface area (Å²) in [6, 6.07) is 17.2. The van der Waals surface area contributed by atoms with E-state index in [1.165, 1.54) is 10.6 Å². The van der Waals surface area contributed by atoms with Crippen LogP contribution in [0.1, 0.15) is 25.2 Å². The second-order valence-electron chi connectivity index (χ2n) is 7.28. The van der Waals surface area contributed by atoms with E-state index in [4.69, 9.17) is 4.98 Å². The molecule has 154 valence electrons. The summed E-state index contributed by atoms with van der Waals surface area (Å²) in [6.07, 6.45) is 4.22. The van der Waals surface area contributed by atoms with Crippen LogP contribution in [-0.2, 0) is 0 Å². The zero-order chi connectivity index (χ0) is 21.4. The van der Waals surface area contributed by atoms with E-state index in [-0.39, 0.29) is 11.4 Å². The van der Waals surface area contributed by atoms with Crippen LogP contribution in [0.15, 0.2) is 77.9 Å². The van der Waals surface area contributed by atoms with E-state index in [9.17, 15) is 9.18 Å². The molecular weight excluding hydrogens is 393 g/mol. The fourth-order valence-electron chi connectivity index (χ4n) is 3.88. The zero-order valence-corrected chi connectivity index (χ0v) is 16.8. The highest BCUT2D eigenvalue weighted by molar-refractivity contribution is 5.89. The molecule has 0 aliphatic carbocycles. The number of nitrogens with one attached hydrogen (secondary N) is 2. The van der Waals surface area contributed by atoms with Crippen LogP contribution in [0.25, 0.3) is 27.5 Å². The van der Waals surface area contributed by atoms with Gasteiger partial charge in [-0.25, -0.2) is 14.4 Å². The highest BCUT2D eigenvalue weighted by Crippen LogP contribution is 2.27. The SMILES string of the molecule is CC[C@H](Nc1nccc2[nH]ccc12)c1nc2cccc(F)c2c(=O)n1-c1ccccc1. The molecule has 1 atom stereocenters. The van der Waals surface area contributed by atoms with Gasteiger partial charge in [-0.05, 0) is 42.8 Å². The molecule has 3 heterocycles. The van der Waals surface area contributed by atoms with Crippen LogP contribution in [0.3, 0.4) is 0 Å². The Morgan fingerprint density at radius 1 is 1.10 bits per heavy atom. The van der Waals surface area contributed by atoms with Crippen molar-refractivity contribution in [2.75, 3.05) is 5.32 Å². The Morgan fingerprint density at radius 3 is 2.74 bits per heavy atom. The number of nitrogens with zero attached hydrogens (tertiary/aromatic N) is 3. The maximum Gasteiger partial charge on any atom is 0.269 e. The van der Waals surface area contributed by atoms with Gasteiger partial charge >= 0.3 is 0 Å². The van der Waals surface area contributed by atoms with Crippen molar-refractivity contribution in [3.05, 3.63) is 95.1 Å². The van der Waals surface area contributed by atoms with E-state index >= 15 is 0 Å². The molecule has 2 aromatic carbocycles. The third-order valence-corrected chi connectivity index (χ3v) is 5.40. The number of pyridine rings is 1. The Labute approximate surface area is 177 Å². The van der Waals surface area contributed by atoms with Gasteiger partial charge in [0.25, 0.3) is 5.56 Å². The lowest BCUT2D eigenvalue weighted by Gasteiger charge is -2.22. The van der Waals surface area contributed by atoms with Gasteiger partial charge in [0.2, 0.25) is 0 Å². The van der Waals surface area contributed by atoms with E-state index in [1.54, 1.807) is 18.3 Å². The van der Waals surface area contributed by atoms with Crippen molar-refractivity contribution >= 4 is 27.6 Å². The number of benzene rings is 2. The Bertz CT molecular complexity index is 1440. The molecule has 5 rings (SSSR count). The summed E-state index contributed by atoms with van der Waals surface area (Å²) in [7, 11) is 0. The third-order valence-electron chi connectivity index (χ3n) is 5.40. The van der Waals surface area contributed by atoms with Gasteiger partial charge < -0.3 is 10.3 Å². The number of rotatable bonds is 5. The van der Waals surface area contributed by atoms with E-state index in [0.29, 0.717) is 29.3 Å². The van der Waals surface area contributed by atoms with E-state index in [0.717, 1.165) is 10.9 Å². The molecule has 6 nitrogen and oxygen atoms in total. The molecule has 0 fully saturated rings. The predicted octanol–water partition coefficient (Wildman–Crippen LogP) is 4.96. The van der Waals surface area contributed by atoms with Crippen molar-refractivity contribution in [1.82, 2.24) is 19.5 Å². The van der Waals surface area contributed by atoms with E-state index < -0.39 is 11.4 Å². The van der Waals surface area contributed by atoms with Crippen molar-refractivity contribution in [3.8, 4) is 5.69 Å². The smallest absolute Gasteiger partial charge is 0.269 e. The maximum atomic E-state index is 14.6. The summed E-state index contributed by atoms with van der Waals surface area (Å²) in [6.45, 7) is 2.01. The number of aromatic nitrogens is 4. The zero-order valence-electron chi connectivity index (χ0n) is 16.8. The first-order chi connectivity index (χ1) is 15.2. The summed E-state index contributed by atoms with van der Waals surface area (Å²) < 4.78 is 16.1. The molecule has 0 saturated heterocycles. The average molecular weight is 413 g/mol. The summed E-state index contributed by atoms with van der Waals surface area (Å²) in [5.41, 5.74) is 1.49. The lowest BCUT2D eigenvalue weighted by Crippen LogP contribution is -2.28. The van der Waals surface area contributed by atoms with Gasteiger partial charge in [0.05, 0.1) is 22.8 Å². The first kappa shape index (κ1) is 19.0. The summed E-state index contributed by atoms with van der Waals surface area (Å²) in [5, 5.41) is 4.37. The van der Waals surface area contributed by atoms with Gasteiger partial charge in [0, 0.05) is 17.8 Å². The van der Waals surface area contributed by atoms with Crippen molar-refractivity contribution < 1.29 is 4.39 Å². The quantitative estimate of drug-likeness (QED) is 0.427. The number of anilines is 1. The molecule has 7 heteroatoms. The van der Waals surface area contributed by atoms with Gasteiger partial charge in [-0.3, -0.25) is 9.36 Å². The Balaban J connectivity index is 1.74. The highest BCUT2D eigenvalue weighted by atomic mass is 19.1. The Hall–Kier alpha value is -4.00. The third kappa shape index (κ3) is 3.24. The van der Waals surface area contributed by atoms with Crippen LogP contribution in [0.2, 0.25) is 0 Å². The normalized spacial score (nSPS) is 12.3. The Morgan fingerprint density at radius 2 is 1.94 bits per heavy atom. The number of aromatic amines is 1. The first-order valence-electron chi connectivity index (χ1n) is 10.1. The van der Waals surface area contributed by atoms with Gasteiger partial charge in [-0.1, -0.05) is 31.2 Å². The van der Waals surface area contributed by atoms with Gasteiger partial charge in [-0.15, -0.1) is 0 Å². The van der Waals surface area contributed by atoms with Crippen LogP contribution in [0, 0.1) is 5.82 Å². The average Bonchev–Trinajstić information content (AvgIpc) is 3.27. The molecule has 0 bridgehead atoms. The van der Waals surface area contributed by atoms with Gasteiger partial charge in [-0.2, -0.15) is 0 Å². The van der Waals surface area contributed by atoms with Crippen LogP contribution < -0.4 is 10.9 Å². The molecule has 0 amide bonds. The van der Waals surface area contributed by atoms with Crippen molar-refractivity contribution in [2.24, 2.45) is 0 Å². The lowest BCUT2D eigenvalue weighted by molar-refractivity contribution is 0.630. The first-order valence-corrected chi connectivity index (χ1v) is 10.1. The lowest BCUT2D eigenvalue weighted by atomic mass is 10.1. The molecule has 0 unspecified atom stereocenters. The van der Waals surface area contributed by atoms with E-state index in [1.807, 2.05) is 55.6 Å². The minimum absolute atomic E-state index is 0.0178. The molecule has 31 heavy (non-hydrogen) atoms. The van der Waals surface area contributed by atoms with Crippen LogP contribution >= 0.6 is 0 Å². The molecular formula is C24H20FN5O. The molecule has 0 spiro atoms. The standard InChI is InChI=1S/C24H20FN5O/c1-2-18(28-22-16-11-13-26-19(16)12-14-27-22)23-29-20-10-6-9-17(25)21(20)24(31)30(23)15-7-4-3-5-8-15/h3-14,18,26H,2H2,1H3,(H,27,28)/t18-/m0/s1. The summed E-state index contributed by atoms with van der Waals surface area (Å²) >= 11 is 0. The number of fused-ring (bicyclic) bond motifs is 2. The number of H-pyrrole nitrogens is 1. The van der Waals surface area contributed by atoms with E-state index in [2.05, 4.69) is 15.3 Å². The topological polar surface area (TPSA) is 75.6 Å². The predicted molar refractivity (Wildman–Crippen MR) is 120 cm³/mol. The number of hydrogen-bond donors (Lipinski definition) is 2. The second kappa shape index (κ2) is 7.68. The molecule has 3 aromatic heterocycles. The second-order valence-corrected chi connectivity index (χ2v) is 7.28. The minimum Gasteiger partial charge on any atom is -0.361 e. The molecule has 0 aliphatic rings. The van der Waals surface area contributed by atoms with Crippen LogP contribution in [-0.4, -0.2) is 19.5 Å². The molecule has 0 saturated carbocycles. The summed E-state index contributed by atoms with van der Waals surface area (Å²) in [4.78, 5) is 25.8. The van der Waals surface area contributed by atoms with Crippen molar-refractivity contribution in [3.63, 3.8) is 0 Å². The fourth-order valence-corrected chi connectivity index (χ4v) is 3.88. The molecule has 2 N–H and O–H groups in total. The maximum absolute atomic E-state index is 14.6. The minimum atomic E-state index is -0.578. The van der Waals surface area contributed by atoms with Crippen molar-refractivity contribution in [1.29, 1.82) is 0 Å². The molecule has 0 radical (unpaired) electrons. The number of hydrogen-bond acceptors (Lipinski definition) is 4. The monoisotopic (exact) mass is 413 g/mol. The van der Waals surface area contributed by atoms with Crippen molar-refractivity contribution in [2.45, 2.75) is 19.4 Å². The van der Waals surface area contributed by atoms with Gasteiger partial charge in [0.15, 0.2) is 0 Å². The highest BCUT2D eigenvalue weighted by Gasteiger charge is 2.22. The van der Waals surface area contributed by atoms with Crippen LogP contribution in [0.5, 0.6) is 0 Å². The van der Waals surface area contributed by atoms with Gasteiger partial charge in [0.1, 0.15) is 22.8 Å².